The molecule has 67 heavy (non-hydrogen) atoms. The predicted molar refractivity (Wildman–Crippen MR) is 288 cm³/mol. The zero-order valence-corrected chi connectivity index (χ0v) is 37.4. The van der Waals surface area contributed by atoms with Crippen molar-refractivity contribution < 1.29 is 0 Å². The van der Waals surface area contributed by atoms with E-state index in [1.165, 1.54) is 97.3 Å². The molecule has 0 bridgehead atoms. The van der Waals surface area contributed by atoms with Gasteiger partial charge in [-0.05, 0) is 134 Å². The van der Waals surface area contributed by atoms with Gasteiger partial charge in [-0.1, -0.05) is 176 Å². The fourth-order valence-electron chi connectivity index (χ4n) is 10.2. The van der Waals surface area contributed by atoms with Gasteiger partial charge in [-0.25, -0.2) is 0 Å². The summed E-state index contributed by atoms with van der Waals surface area (Å²) in [6.45, 7) is 0. The van der Waals surface area contributed by atoms with Crippen LogP contribution in [0.15, 0.2) is 255 Å². The third kappa shape index (κ3) is 6.79. The minimum Gasteiger partial charge on any atom is -0.311 e. The van der Waals surface area contributed by atoms with Gasteiger partial charge in [-0.3, -0.25) is 0 Å². The first-order valence-electron chi connectivity index (χ1n) is 22.9. The highest BCUT2D eigenvalue weighted by molar-refractivity contribution is 7.25. The first kappa shape index (κ1) is 38.9. The number of aromatic nitrogens is 1. The molecule has 0 aliphatic rings. The van der Waals surface area contributed by atoms with Gasteiger partial charge in [0.1, 0.15) is 0 Å². The zero-order chi connectivity index (χ0) is 44.3. The van der Waals surface area contributed by atoms with Crippen molar-refractivity contribution in [3.8, 4) is 50.2 Å². The molecule has 0 saturated carbocycles. The molecule has 0 N–H and O–H groups in total. The largest absolute Gasteiger partial charge is 0.311 e. The molecule has 314 valence electrons. The van der Waals surface area contributed by atoms with E-state index >= 15 is 0 Å². The molecule has 11 aromatic carbocycles. The van der Waals surface area contributed by atoms with Crippen molar-refractivity contribution in [3.05, 3.63) is 255 Å². The van der Waals surface area contributed by atoms with Gasteiger partial charge in [0.05, 0.1) is 11.0 Å². The highest BCUT2D eigenvalue weighted by Gasteiger charge is 2.17. The van der Waals surface area contributed by atoms with Crippen LogP contribution in [0, 0.1) is 0 Å². The molecule has 0 aliphatic heterocycles. The molecule has 2 nitrogen and oxygen atoms in total. The van der Waals surface area contributed by atoms with E-state index in [0.29, 0.717) is 0 Å². The van der Waals surface area contributed by atoms with Crippen molar-refractivity contribution in [2.75, 3.05) is 4.90 Å². The second kappa shape index (κ2) is 16.2. The van der Waals surface area contributed by atoms with E-state index in [4.69, 9.17) is 0 Å². The Kier molecular flexibility index (Phi) is 9.40. The number of anilines is 3. The summed E-state index contributed by atoms with van der Waals surface area (Å²) < 4.78 is 5.02. The van der Waals surface area contributed by atoms with Crippen molar-refractivity contribution in [1.82, 2.24) is 4.57 Å². The molecule has 0 spiro atoms. The summed E-state index contributed by atoms with van der Waals surface area (Å²) in [5.74, 6) is 0. The predicted octanol–water partition coefficient (Wildman–Crippen LogP) is 18.4. The molecule has 13 aromatic rings. The average molecular weight is 871 g/mol. The summed E-state index contributed by atoms with van der Waals surface area (Å²) in [7, 11) is 0. The van der Waals surface area contributed by atoms with Crippen molar-refractivity contribution >= 4 is 81.1 Å². The monoisotopic (exact) mass is 870 g/mol. The minimum atomic E-state index is 1.09. The lowest BCUT2D eigenvalue weighted by Gasteiger charge is -2.26. The Hall–Kier alpha value is -8.50. The van der Waals surface area contributed by atoms with Crippen molar-refractivity contribution in [2.24, 2.45) is 0 Å². The molecule has 2 aromatic heterocycles. The molecule has 0 saturated heterocycles. The van der Waals surface area contributed by atoms with E-state index in [0.717, 1.165) is 22.7 Å². The summed E-state index contributed by atoms with van der Waals surface area (Å²) in [5.41, 5.74) is 16.5. The SMILES string of the molecule is c1ccc(-c2cccc3cccc(-c4ccc(N(c5ccc(-c6ccc(-n7c8ccccc8c8ccccc87)cc6)cc5)c5ccc(-c6ccc7sc8ccccc8c7c6)cc5)cc4)c23)cc1. The van der Waals surface area contributed by atoms with Gasteiger partial charge in [0, 0.05) is 53.7 Å². The Morgan fingerprint density at radius 3 is 1.34 bits per heavy atom. The van der Waals surface area contributed by atoms with Gasteiger partial charge >= 0.3 is 0 Å². The van der Waals surface area contributed by atoms with E-state index in [-0.39, 0.29) is 0 Å². The smallest absolute Gasteiger partial charge is 0.0541 e. The van der Waals surface area contributed by atoms with Gasteiger partial charge in [0.15, 0.2) is 0 Å². The normalized spacial score (nSPS) is 11.6. The molecule has 2 heterocycles. The van der Waals surface area contributed by atoms with Crippen LogP contribution < -0.4 is 4.90 Å². The van der Waals surface area contributed by atoms with Crippen LogP contribution >= 0.6 is 11.3 Å². The van der Waals surface area contributed by atoms with Gasteiger partial charge < -0.3 is 9.47 Å². The third-order valence-corrected chi connectivity index (χ3v) is 14.6. The number of hydrogen-bond donors (Lipinski definition) is 0. The molecule has 0 fully saturated rings. The molecule has 0 radical (unpaired) electrons. The maximum Gasteiger partial charge on any atom is 0.0541 e. The Bertz CT molecular complexity index is 3880. The Labute approximate surface area is 393 Å². The highest BCUT2D eigenvalue weighted by Crippen LogP contribution is 2.42. The van der Waals surface area contributed by atoms with E-state index in [2.05, 4.69) is 264 Å². The van der Waals surface area contributed by atoms with E-state index < -0.39 is 0 Å². The van der Waals surface area contributed by atoms with Crippen LogP contribution in [-0.4, -0.2) is 4.57 Å². The Morgan fingerprint density at radius 2 is 0.746 bits per heavy atom. The first-order chi connectivity index (χ1) is 33.2. The molecule has 0 amide bonds. The quantitative estimate of drug-likeness (QED) is 0.148. The second-order valence-electron chi connectivity index (χ2n) is 17.3. The van der Waals surface area contributed by atoms with E-state index in [1.54, 1.807) is 0 Å². The number of thiophene rings is 1. The molecule has 0 atom stereocenters. The maximum atomic E-state index is 2.37. The molecule has 3 heteroatoms. The maximum absolute atomic E-state index is 2.37. The lowest BCUT2D eigenvalue weighted by molar-refractivity contribution is 1.18. The highest BCUT2D eigenvalue weighted by atomic mass is 32.1. The van der Waals surface area contributed by atoms with Gasteiger partial charge in [-0.15, -0.1) is 11.3 Å². The zero-order valence-electron chi connectivity index (χ0n) is 36.6. The van der Waals surface area contributed by atoms with Crippen LogP contribution in [0.1, 0.15) is 0 Å². The summed E-state index contributed by atoms with van der Waals surface area (Å²) >= 11 is 1.86. The Balaban J connectivity index is 0.870. The lowest BCUT2D eigenvalue weighted by Crippen LogP contribution is -2.09. The number of benzene rings is 11. The van der Waals surface area contributed by atoms with Crippen LogP contribution in [0.3, 0.4) is 0 Å². The number of para-hydroxylation sites is 2. The van der Waals surface area contributed by atoms with E-state index in [1.807, 2.05) is 11.3 Å². The number of fused-ring (bicyclic) bond motifs is 7. The summed E-state index contributed by atoms with van der Waals surface area (Å²) in [4.78, 5) is 2.37. The van der Waals surface area contributed by atoms with Crippen LogP contribution in [0.2, 0.25) is 0 Å². The van der Waals surface area contributed by atoms with Crippen molar-refractivity contribution in [1.29, 1.82) is 0 Å². The van der Waals surface area contributed by atoms with Crippen LogP contribution in [0.25, 0.3) is 103 Å². The number of nitrogens with zero attached hydrogens (tertiary/aromatic N) is 2. The van der Waals surface area contributed by atoms with Crippen LogP contribution in [0.4, 0.5) is 17.1 Å². The fourth-order valence-corrected chi connectivity index (χ4v) is 11.3. The second-order valence-corrected chi connectivity index (χ2v) is 18.4. The van der Waals surface area contributed by atoms with Gasteiger partial charge in [0.2, 0.25) is 0 Å². The molecule has 13 rings (SSSR count). The molecule has 0 unspecified atom stereocenters. The summed E-state index contributed by atoms with van der Waals surface area (Å²) in [6, 6.07) is 93.1. The lowest BCUT2D eigenvalue weighted by atomic mass is 9.91. The standard InChI is InChI=1S/C64H42N2S/c1-2-12-46(13-3-1)54-19-10-14-48-15-11-20-55(64(48)54)47-30-39-52(40-31-47)65(51-35-28-45(29-36-51)49-32-41-63-59(42-49)58-18-6-9-23-62(58)67-63)50-33-24-43(25-34-50)44-26-37-53(38-27-44)66-60-21-7-4-16-56(60)57-17-5-8-22-61(57)66/h1-42H. The summed E-state index contributed by atoms with van der Waals surface area (Å²) in [5, 5.41) is 7.67. The Morgan fingerprint density at radius 1 is 0.299 bits per heavy atom. The fraction of sp³-hybridized carbons (Fsp3) is 0. The van der Waals surface area contributed by atoms with Crippen LogP contribution in [0.5, 0.6) is 0 Å². The van der Waals surface area contributed by atoms with Crippen LogP contribution in [-0.2, 0) is 0 Å². The first-order valence-corrected chi connectivity index (χ1v) is 23.7. The van der Waals surface area contributed by atoms with Gasteiger partial charge in [0.25, 0.3) is 0 Å². The topological polar surface area (TPSA) is 8.17 Å². The van der Waals surface area contributed by atoms with Gasteiger partial charge in [-0.2, -0.15) is 0 Å². The van der Waals surface area contributed by atoms with Crippen molar-refractivity contribution in [3.63, 3.8) is 0 Å². The summed E-state index contributed by atoms with van der Waals surface area (Å²) in [6.07, 6.45) is 0. The number of rotatable bonds is 8. The van der Waals surface area contributed by atoms with Crippen molar-refractivity contribution in [2.45, 2.75) is 0 Å². The average Bonchev–Trinajstić information content (AvgIpc) is 3.95. The van der Waals surface area contributed by atoms with E-state index in [9.17, 15) is 0 Å². The number of hydrogen-bond acceptors (Lipinski definition) is 2. The minimum absolute atomic E-state index is 1.09. The molecular weight excluding hydrogens is 829 g/mol. The molecule has 0 aliphatic carbocycles. The molecular formula is C64H42N2S. The third-order valence-electron chi connectivity index (χ3n) is 13.4.